The maximum atomic E-state index is 13.0. The molecular formula is C22H27N5O2S. The Labute approximate surface area is 180 Å². The van der Waals surface area contributed by atoms with Gasteiger partial charge in [-0.1, -0.05) is 11.8 Å². The lowest BCUT2D eigenvalue weighted by molar-refractivity contribution is 0.102. The monoisotopic (exact) mass is 425 g/mol. The number of pyridine rings is 1. The molecule has 1 saturated carbocycles. The van der Waals surface area contributed by atoms with E-state index >= 15 is 0 Å². The van der Waals surface area contributed by atoms with Crippen LogP contribution in [0, 0.1) is 13.8 Å². The first-order chi connectivity index (χ1) is 14.5. The molecule has 0 N–H and O–H groups in total. The number of nitrogens with zero attached hydrogens (tertiary/aromatic N) is 5. The minimum atomic E-state index is 0.111. The number of hydrogen-bond acceptors (Lipinski definition) is 6. The molecule has 0 radical (unpaired) electrons. The molecule has 1 fully saturated rings. The van der Waals surface area contributed by atoms with E-state index in [0.717, 1.165) is 46.3 Å². The number of hydrogen-bond donors (Lipinski definition) is 0. The molecule has 0 unspecified atom stereocenters. The third-order valence-electron chi connectivity index (χ3n) is 5.48. The largest absolute Gasteiger partial charge is 0.383 e. The van der Waals surface area contributed by atoms with Crippen LogP contribution in [0.5, 0.6) is 0 Å². The summed E-state index contributed by atoms with van der Waals surface area (Å²) in [5.74, 6) is 1.30. The van der Waals surface area contributed by atoms with Crippen molar-refractivity contribution in [2.75, 3.05) is 19.5 Å². The molecular weight excluding hydrogens is 398 g/mol. The molecule has 7 nitrogen and oxygen atoms in total. The van der Waals surface area contributed by atoms with Gasteiger partial charge in [0.05, 0.1) is 18.4 Å². The van der Waals surface area contributed by atoms with Crippen LogP contribution in [-0.4, -0.2) is 49.6 Å². The van der Waals surface area contributed by atoms with E-state index in [4.69, 9.17) is 4.74 Å². The average molecular weight is 426 g/mol. The minimum absolute atomic E-state index is 0.111. The van der Waals surface area contributed by atoms with Crippen LogP contribution in [0.3, 0.4) is 0 Å². The van der Waals surface area contributed by atoms with Crippen molar-refractivity contribution in [1.82, 2.24) is 24.3 Å². The predicted octanol–water partition coefficient (Wildman–Crippen LogP) is 4.28. The molecule has 3 aromatic heterocycles. The summed E-state index contributed by atoms with van der Waals surface area (Å²) in [6.07, 6.45) is 5.77. The molecule has 1 atom stereocenters. The number of ketones is 1. The number of thioether (sulfide) groups is 1. The lowest BCUT2D eigenvalue weighted by atomic mass is 10.2. The lowest BCUT2D eigenvalue weighted by Crippen LogP contribution is -2.14. The molecule has 3 aromatic rings. The standard InChI is InChI=1S/C22H27N5O2S/c1-14-11-19(16(3)26(14)15(2)12-29-4)20(28)13-30-22-25-24-21(27(22)18-5-6-18)17-7-9-23-10-8-17/h7-11,15,18H,5-6,12-13H2,1-4H3/t15-/m1/s1. The number of rotatable bonds is 9. The van der Waals surface area contributed by atoms with Crippen LogP contribution in [0.2, 0.25) is 0 Å². The number of carbonyl (C=O) groups excluding carboxylic acids is 1. The fourth-order valence-electron chi connectivity index (χ4n) is 4.00. The van der Waals surface area contributed by atoms with Gasteiger partial charge in [0.15, 0.2) is 16.8 Å². The second kappa shape index (κ2) is 8.73. The van der Waals surface area contributed by atoms with Crippen molar-refractivity contribution >= 4 is 17.5 Å². The molecule has 4 rings (SSSR count). The van der Waals surface area contributed by atoms with Gasteiger partial charge in [-0.25, -0.2) is 0 Å². The van der Waals surface area contributed by atoms with Crippen LogP contribution >= 0.6 is 11.8 Å². The van der Waals surface area contributed by atoms with E-state index in [1.54, 1.807) is 19.5 Å². The lowest BCUT2D eigenvalue weighted by Gasteiger charge is -2.17. The number of aromatic nitrogens is 5. The Kier molecular flexibility index (Phi) is 6.06. The summed E-state index contributed by atoms with van der Waals surface area (Å²) in [6.45, 7) is 6.76. The van der Waals surface area contributed by atoms with Crippen molar-refractivity contribution in [3.8, 4) is 11.4 Å². The highest BCUT2D eigenvalue weighted by Gasteiger charge is 2.30. The number of aryl methyl sites for hydroxylation is 1. The third kappa shape index (κ3) is 4.06. The Balaban J connectivity index is 1.53. The molecule has 3 heterocycles. The second-order valence-electron chi connectivity index (χ2n) is 7.81. The number of ether oxygens (including phenoxy) is 1. The van der Waals surface area contributed by atoms with E-state index < -0.39 is 0 Å². The molecule has 158 valence electrons. The molecule has 1 aliphatic carbocycles. The minimum Gasteiger partial charge on any atom is -0.383 e. The smallest absolute Gasteiger partial charge is 0.192 e. The maximum absolute atomic E-state index is 13.0. The molecule has 0 aliphatic heterocycles. The fraction of sp³-hybridized carbons (Fsp3) is 0.455. The van der Waals surface area contributed by atoms with Gasteiger partial charge in [-0.3, -0.25) is 14.3 Å². The molecule has 0 bridgehead atoms. The highest BCUT2D eigenvalue weighted by Crippen LogP contribution is 2.41. The van der Waals surface area contributed by atoms with Crippen molar-refractivity contribution in [2.45, 2.75) is 50.9 Å². The zero-order chi connectivity index (χ0) is 21.3. The molecule has 0 spiro atoms. The Morgan fingerprint density at radius 2 is 2.00 bits per heavy atom. The van der Waals surface area contributed by atoms with E-state index in [9.17, 15) is 4.79 Å². The molecule has 0 amide bonds. The third-order valence-corrected chi connectivity index (χ3v) is 6.42. The first-order valence-corrected chi connectivity index (χ1v) is 11.2. The highest BCUT2D eigenvalue weighted by molar-refractivity contribution is 7.99. The highest BCUT2D eigenvalue weighted by atomic mass is 32.2. The molecule has 8 heteroatoms. The summed E-state index contributed by atoms with van der Waals surface area (Å²) < 4.78 is 9.65. The average Bonchev–Trinajstić information content (AvgIpc) is 3.42. The van der Waals surface area contributed by atoms with Crippen molar-refractivity contribution in [1.29, 1.82) is 0 Å². The van der Waals surface area contributed by atoms with Gasteiger partial charge < -0.3 is 9.30 Å². The molecule has 1 aliphatic rings. The summed E-state index contributed by atoms with van der Waals surface area (Å²) in [5.41, 5.74) is 3.84. The van der Waals surface area contributed by atoms with E-state index in [-0.39, 0.29) is 11.8 Å². The van der Waals surface area contributed by atoms with Gasteiger partial charge in [0.2, 0.25) is 0 Å². The van der Waals surface area contributed by atoms with Crippen molar-refractivity contribution in [3.05, 3.63) is 47.5 Å². The first kappa shape index (κ1) is 20.8. The van der Waals surface area contributed by atoms with Crippen LogP contribution in [0.15, 0.2) is 35.7 Å². The SMILES string of the molecule is COC[C@@H](C)n1c(C)cc(C(=O)CSc2nnc(-c3ccncc3)n2C2CC2)c1C. The fourth-order valence-corrected chi connectivity index (χ4v) is 4.89. The Hall–Kier alpha value is -2.45. The number of carbonyl (C=O) groups is 1. The van der Waals surface area contributed by atoms with Crippen LogP contribution < -0.4 is 0 Å². The van der Waals surface area contributed by atoms with Gasteiger partial charge >= 0.3 is 0 Å². The van der Waals surface area contributed by atoms with Gasteiger partial charge in [-0.05, 0) is 51.8 Å². The van der Waals surface area contributed by atoms with E-state index in [1.807, 2.05) is 32.0 Å². The van der Waals surface area contributed by atoms with E-state index in [2.05, 4.69) is 31.2 Å². The summed E-state index contributed by atoms with van der Waals surface area (Å²) in [7, 11) is 1.70. The van der Waals surface area contributed by atoms with Crippen LogP contribution in [-0.2, 0) is 4.74 Å². The van der Waals surface area contributed by atoms with Crippen molar-refractivity contribution in [3.63, 3.8) is 0 Å². The summed E-state index contributed by atoms with van der Waals surface area (Å²) in [6, 6.07) is 6.47. The zero-order valence-corrected chi connectivity index (χ0v) is 18.6. The van der Waals surface area contributed by atoms with Gasteiger partial charge in [-0.15, -0.1) is 10.2 Å². The van der Waals surface area contributed by atoms with Crippen LogP contribution in [0.25, 0.3) is 11.4 Å². The normalized spacial score (nSPS) is 14.8. The van der Waals surface area contributed by atoms with Crippen LogP contribution in [0.1, 0.15) is 53.6 Å². The van der Waals surface area contributed by atoms with Crippen molar-refractivity contribution in [2.24, 2.45) is 0 Å². The quantitative estimate of drug-likeness (QED) is 0.376. The van der Waals surface area contributed by atoms with E-state index in [1.165, 1.54) is 11.8 Å². The summed E-state index contributed by atoms with van der Waals surface area (Å²) >= 11 is 1.47. The summed E-state index contributed by atoms with van der Waals surface area (Å²) in [5, 5.41) is 9.62. The maximum Gasteiger partial charge on any atom is 0.192 e. The zero-order valence-electron chi connectivity index (χ0n) is 17.8. The second-order valence-corrected chi connectivity index (χ2v) is 8.76. The molecule has 0 saturated heterocycles. The number of methoxy groups -OCH3 is 1. The Morgan fingerprint density at radius 3 is 2.67 bits per heavy atom. The molecule has 30 heavy (non-hydrogen) atoms. The van der Waals surface area contributed by atoms with Gasteiger partial charge in [-0.2, -0.15) is 0 Å². The Morgan fingerprint density at radius 1 is 1.27 bits per heavy atom. The summed E-state index contributed by atoms with van der Waals surface area (Å²) in [4.78, 5) is 17.1. The predicted molar refractivity (Wildman–Crippen MR) is 117 cm³/mol. The molecule has 0 aromatic carbocycles. The van der Waals surface area contributed by atoms with Crippen molar-refractivity contribution < 1.29 is 9.53 Å². The van der Waals surface area contributed by atoms with Gasteiger partial charge in [0, 0.05) is 48.1 Å². The van der Waals surface area contributed by atoms with E-state index in [0.29, 0.717) is 18.4 Å². The van der Waals surface area contributed by atoms with Gasteiger partial charge in [0.25, 0.3) is 0 Å². The van der Waals surface area contributed by atoms with Crippen LogP contribution in [0.4, 0.5) is 0 Å². The van der Waals surface area contributed by atoms with Gasteiger partial charge in [0.1, 0.15) is 0 Å². The first-order valence-electron chi connectivity index (χ1n) is 10.2. The topological polar surface area (TPSA) is 74.8 Å². The number of Topliss-reactive ketones (excluding diaryl/α,β-unsaturated/α-hetero) is 1. The Bertz CT molecular complexity index is 1040.